The molecule has 81 heavy (non-hydrogen) atoms. The Morgan fingerprint density at radius 2 is 0.827 bits per heavy atom. The number of ether oxygens (including phenoxy) is 4. The second kappa shape index (κ2) is 51.8. The normalized spacial score (nSPS) is 24.6. The second-order valence-electron chi connectivity index (χ2n) is 22.9. The number of hydrogen-bond acceptors (Lipinski definition) is 13. The molecule has 0 aromatic heterocycles. The lowest BCUT2D eigenvalue weighted by molar-refractivity contribution is -0.359. The van der Waals surface area contributed by atoms with E-state index >= 15 is 0 Å². The Morgan fingerprint density at radius 3 is 1.30 bits per heavy atom. The van der Waals surface area contributed by atoms with Gasteiger partial charge in [0.05, 0.1) is 32.0 Å². The van der Waals surface area contributed by atoms with Crippen LogP contribution in [0.4, 0.5) is 0 Å². The third-order valence-corrected chi connectivity index (χ3v) is 15.6. The number of allylic oxidation sites excluding steroid dienone is 11. The Bertz CT molecular complexity index is 1630. The summed E-state index contributed by atoms with van der Waals surface area (Å²) < 4.78 is 22.8. The number of nitrogens with one attached hydrogen (secondary N) is 1. The maximum atomic E-state index is 13.3. The summed E-state index contributed by atoms with van der Waals surface area (Å²) in [5, 5.41) is 87.2. The number of aliphatic hydroxyl groups is 8. The number of unbranched alkanes of at least 4 members (excludes halogenated alkanes) is 29. The number of hydrogen-bond donors (Lipinski definition) is 9. The van der Waals surface area contributed by atoms with E-state index in [0.29, 0.717) is 12.8 Å². The number of amides is 1. The van der Waals surface area contributed by atoms with Gasteiger partial charge in [0.15, 0.2) is 12.6 Å². The van der Waals surface area contributed by atoms with Crippen molar-refractivity contribution in [3.63, 3.8) is 0 Å². The van der Waals surface area contributed by atoms with Gasteiger partial charge in [-0.05, 0) is 83.5 Å². The predicted octanol–water partition coefficient (Wildman–Crippen LogP) is 12.3. The highest BCUT2D eigenvalue weighted by Gasteiger charge is 2.51. The highest BCUT2D eigenvalue weighted by Crippen LogP contribution is 2.30. The molecule has 1 amide bonds. The summed E-state index contributed by atoms with van der Waals surface area (Å²) in [7, 11) is 0. The molecule has 2 saturated heterocycles. The Morgan fingerprint density at radius 1 is 0.444 bits per heavy atom. The molecule has 9 N–H and O–H groups in total. The summed E-state index contributed by atoms with van der Waals surface area (Å²) in [4.78, 5) is 13.3. The molecule has 0 aliphatic carbocycles. The summed E-state index contributed by atoms with van der Waals surface area (Å²) in [5.74, 6) is -0.256. The third-order valence-electron chi connectivity index (χ3n) is 15.6. The van der Waals surface area contributed by atoms with Gasteiger partial charge in [-0.15, -0.1) is 0 Å². The van der Waals surface area contributed by atoms with Crippen molar-refractivity contribution in [2.24, 2.45) is 0 Å². The molecule has 12 unspecified atom stereocenters. The zero-order valence-electron chi connectivity index (χ0n) is 50.8. The van der Waals surface area contributed by atoms with E-state index in [2.05, 4.69) is 79.9 Å². The zero-order chi connectivity index (χ0) is 58.8. The Kier molecular flexibility index (Phi) is 47.7. The van der Waals surface area contributed by atoms with Gasteiger partial charge < -0.3 is 65.1 Å². The largest absolute Gasteiger partial charge is 0.394 e. The Hall–Kier alpha value is -2.57. The molecule has 2 aliphatic rings. The first kappa shape index (κ1) is 74.5. The average molecular weight is 1150 g/mol. The SMILES string of the molecule is CCCCCCC/C=C\C/C=C\C/C=C\CCCCCCCCCCCCCCC(=O)NC(COC1OC(CO)C(OC2OC(CO)C(O)C(O)C2O)C(O)C1O)C(O)/C=C/CC/C=C/CC/C=C/CCCCCCCCCCCC. The highest BCUT2D eigenvalue weighted by atomic mass is 16.7. The van der Waals surface area contributed by atoms with Gasteiger partial charge in [-0.25, -0.2) is 0 Å². The minimum atomic E-state index is -1.80. The maximum absolute atomic E-state index is 13.3. The lowest BCUT2D eigenvalue weighted by atomic mass is 9.97. The minimum Gasteiger partial charge on any atom is -0.394 e. The van der Waals surface area contributed by atoms with Crippen LogP contribution in [0.3, 0.4) is 0 Å². The molecule has 470 valence electrons. The van der Waals surface area contributed by atoms with Crippen LogP contribution in [-0.4, -0.2) is 140 Å². The second-order valence-corrected chi connectivity index (χ2v) is 22.9. The van der Waals surface area contributed by atoms with Gasteiger partial charge in [0.2, 0.25) is 5.91 Å². The van der Waals surface area contributed by atoms with E-state index in [4.69, 9.17) is 18.9 Å². The average Bonchev–Trinajstić information content (AvgIpc) is 3.62. The summed E-state index contributed by atoms with van der Waals surface area (Å²) >= 11 is 0. The fourth-order valence-corrected chi connectivity index (χ4v) is 10.3. The first-order chi connectivity index (χ1) is 39.6. The van der Waals surface area contributed by atoms with Crippen LogP contribution in [0.2, 0.25) is 0 Å². The number of aliphatic hydroxyl groups excluding tert-OH is 8. The number of rotatable bonds is 52. The lowest BCUT2D eigenvalue weighted by Gasteiger charge is -2.46. The van der Waals surface area contributed by atoms with Crippen molar-refractivity contribution < 1.29 is 64.6 Å². The van der Waals surface area contributed by atoms with Crippen LogP contribution in [0.15, 0.2) is 72.9 Å². The fraction of sp³-hybridized carbons (Fsp3) is 0.806. The first-order valence-corrected chi connectivity index (χ1v) is 32.7. The lowest BCUT2D eigenvalue weighted by Crippen LogP contribution is -2.65. The standard InChI is InChI=1S/C67H119NO13/c1-3-5-7-9-11-13-15-17-19-21-23-25-26-27-28-29-30-31-33-35-37-39-41-43-45-47-49-51-59(72)68-55(56(71)50-48-46-44-42-40-38-36-34-32-24-22-20-18-16-14-12-10-8-6-4-2)54-78-66-64(77)62(75)65(58(53-70)80-66)81-67-63(76)61(74)60(73)57(52-69)79-67/h15,17,21,23,26-27,32,34,40,42,48,50,55-58,60-67,69-71,73-77H,3-14,16,18-20,22,24-25,28-31,33,35-39,41,43-47,49,51-54H2,1-2H3,(H,68,72)/b17-15-,23-21-,27-26-,34-32+,42-40+,50-48+. The molecule has 0 saturated carbocycles. The van der Waals surface area contributed by atoms with Gasteiger partial charge in [0, 0.05) is 6.42 Å². The monoisotopic (exact) mass is 1150 g/mol. The number of carbonyl (C=O) groups is 1. The third kappa shape index (κ3) is 36.8. The van der Waals surface area contributed by atoms with E-state index in [1.54, 1.807) is 6.08 Å². The molecule has 12 atom stereocenters. The molecule has 2 aliphatic heterocycles. The van der Waals surface area contributed by atoms with E-state index in [1.807, 2.05) is 6.08 Å². The van der Waals surface area contributed by atoms with Crippen molar-refractivity contribution in [3.05, 3.63) is 72.9 Å². The van der Waals surface area contributed by atoms with Crippen LogP contribution in [0.25, 0.3) is 0 Å². The van der Waals surface area contributed by atoms with Crippen LogP contribution in [-0.2, 0) is 23.7 Å². The quantitative estimate of drug-likeness (QED) is 0.0204. The number of carbonyl (C=O) groups excluding carboxylic acids is 1. The van der Waals surface area contributed by atoms with Crippen molar-refractivity contribution in [1.29, 1.82) is 0 Å². The van der Waals surface area contributed by atoms with Crippen molar-refractivity contribution in [1.82, 2.24) is 5.32 Å². The molecular formula is C67H119NO13. The zero-order valence-corrected chi connectivity index (χ0v) is 50.8. The van der Waals surface area contributed by atoms with Gasteiger partial charge in [0.25, 0.3) is 0 Å². The van der Waals surface area contributed by atoms with Gasteiger partial charge in [-0.3, -0.25) is 4.79 Å². The van der Waals surface area contributed by atoms with Crippen molar-refractivity contribution >= 4 is 5.91 Å². The molecule has 0 aromatic carbocycles. The highest BCUT2D eigenvalue weighted by molar-refractivity contribution is 5.76. The summed E-state index contributed by atoms with van der Waals surface area (Å²) in [6.45, 7) is 2.77. The molecule has 14 nitrogen and oxygen atoms in total. The van der Waals surface area contributed by atoms with E-state index in [9.17, 15) is 45.6 Å². The minimum absolute atomic E-state index is 0.256. The molecule has 0 spiro atoms. The van der Waals surface area contributed by atoms with Crippen LogP contribution >= 0.6 is 0 Å². The molecule has 2 heterocycles. The molecule has 0 radical (unpaired) electrons. The molecule has 14 heteroatoms. The predicted molar refractivity (Wildman–Crippen MR) is 327 cm³/mol. The molecule has 0 aromatic rings. The Labute approximate surface area is 491 Å². The molecular weight excluding hydrogens is 1030 g/mol. The van der Waals surface area contributed by atoms with Crippen molar-refractivity contribution in [3.8, 4) is 0 Å². The summed E-state index contributed by atoms with van der Waals surface area (Å²) in [6.07, 6.45) is 52.3. The summed E-state index contributed by atoms with van der Waals surface area (Å²) in [6, 6.07) is -0.943. The van der Waals surface area contributed by atoms with Crippen LogP contribution in [0.5, 0.6) is 0 Å². The van der Waals surface area contributed by atoms with Gasteiger partial charge >= 0.3 is 0 Å². The molecule has 2 rings (SSSR count). The van der Waals surface area contributed by atoms with E-state index in [-0.39, 0.29) is 18.9 Å². The first-order valence-electron chi connectivity index (χ1n) is 32.7. The van der Waals surface area contributed by atoms with Crippen LogP contribution in [0, 0.1) is 0 Å². The maximum Gasteiger partial charge on any atom is 0.220 e. The van der Waals surface area contributed by atoms with Crippen LogP contribution in [0.1, 0.15) is 251 Å². The molecule has 2 fully saturated rings. The summed E-state index contributed by atoms with van der Waals surface area (Å²) in [5.41, 5.74) is 0. The van der Waals surface area contributed by atoms with Gasteiger partial charge in [-0.1, -0.05) is 234 Å². The van der Waals surface area contributed by atoms with Gasteiger partial charge in [0.1, 0.15) is 48.8 Å². The van der Waals surface area contributed by atoms with E-state index in [0.717, 1.165) is 64.2 Å². The van der Waals surface area contributed by atoms with Crippen LogP contribution < -0.4 is 5.32 Å². The fourth-order valence-electron chi connectivity index (χ4n) is 10.3. The molecule has 0 bridgehead atoms. The van der Waals surface area contributed by atoms with Gasteiger partial charge in [-0.2, -0.15) is 0 Å². The van der Waals surface area contributed by atoms with E-state index < -0.39 is 86.8 Å². The Balaban J connectivity index is 1.74. The van der Waals surface area contributed by atoms with Crippen molar-refractivity contribution in [2.75, 3.05) is 19.8 Å². The van der Waals surface area contributed by atoms with E-state index in [1.165, 1.54) is 154 Å². The van der Waals surface area contributed by atoms with Crippen molar-refractivity contribution in [2.45, 2.75) is 325 Å². The smallest absolute Gasteiger partial charge is 0.220 e. The topological polar surface area (TPSA) is 228 Å².